The summed E-state index contributed by atoms with van der Waals surface area (Å²) in [5, 5.41) is 7.82. The highest BCUT2D eigenvalue weighted by Gasteiger charge is 2.36. The molecule has 1 aromatic rings. The Labute approximate surface area is 134 Å². The van der Waals surface area contributed by atoms with Gasteiger partial charge in [0.05, 0.1) is 19.1 Å². The molecule has 2 aliphatic heterocycles. The minimum absolute atomic E-state index is 0.00430. The minimum atomic E-state index is -0.884. The standard InChI is InChI=1S/C15H23FN4O3/c1-10-17-18-15(23-10)20-8-12(16)7-13(20)9-19(2)5-3-11-4-6-22-14(11)21/h11-13H,3-9H2,1-2H3/t11?,12-,13-/m0/s1. The van der Waals surface area contributed by atoms with E-state index in [0.717, 1.165) is 19.4 Å². The number of alkyl halides is 1. The van der Waals surface area contributed by atoms with Crippen molar-refractivity contribution < 1.29 is 18.3 Å². The van der Waals surface area contributed by atoms with Crippen molar-refractivity contribution in [1.29, 1.82) is 0 Å². The van der Waals surface area contributed by atoms with Gasteiger partial charge in [-0.15, -0.1) is 5.10 Å². The quantitative estimate of drug-likeness (QED) is 0.727. The summed E-state index contributed by atoms with van der Waals surface area (Å²) in [6.07, 6.45) is 1.15. The van der Waals surface area contributed by atoms with Gasteiger partial charge in [-0.2, -0.15) is 0 Å². The number of anilines is 1. The Hall–Kier alpha value is -1.70. The molecule has 0 radical (unpaired) electrons. The van der Waals surface area contributed by atoms with Crippen LogP contribution in [0.1, 0.15) is 25.2 Å². The molecule has 3 heterocycles. The number of carbonyl (C=O) groups is 1. The largest absolute Gasteiger partial charge is 0.465 e. The van der Waals surface area contributed by atoms with Crippen LogP contribution in [0.3, 0.4) is 0 Å². The highest BCUT2D eigenvalue weighted by atomic mass is 19.1. The van der Waals surface area contributed by atoms with E-state index in [2.05, 4.69) is 15.1 Å². The van der Waals surface area contributed by atoms with E-state index >= 15 is 0 Å². The smallest absolute Gasteiger partial charge is 0.318 e. The van der Waals surface area contributed by atoms with Crippen LogP contribution < -0.4 is 4.90 Å². The summed E-state index contributed by atoms with van der Waals surface area (Å²) in [7, 11) is 1.99. The van der Waals surface area contributed by atoms with E-state index < -0.39 is 6.17 Å². The van der Waals surface area contributed by atoms with Crippen LogP contribution >= 0.6 is 0 Å². The molecule has 23 heavy (non-hydrogen) atoms. The maximum Gasteiger partial charge on any atom is 0.318 e. The second-order valence-electron chi connectivity index (χ2n) is 6.45. The SMILES string of the molecule is Cc1nnc(N2C[C@@H](F)C[C@H]2CN(C)CCC2CCOC2=O)o1. The first-order chi connectivity index (χ1) is 11.0. The number of ether oxygens (including phenoxy) is 1. The summed E-state index contributed by atoms with van der Waals surface area (Å²) >= 11 is 0. The topological polar surface area (TPSA) is 71.7 Å². The second-order valence-corrected chi connectivity index (χ2v) is 6.45. The van der Waals surface area contributed by atoms with Crippen LogP contribution in [-0.4, -0.2) is 66.6 Å². The highest BCUT2D eigenvalue weighted by Crippen LogP contribution is 2.27. The molecular weight excluding hydrogens is 303 g/mol. The third-order valence-electron chi connectivity index (χ3n) is 4.55. The van der Waals surface area contributed by atoms with Gasteiger partial charge in [-0.05, 0) is 26.4 Å². The summed E-state index contributed by atoms with van der Waals surface area (Å²) < 4.78 is 24.3. The molecule has 0 saturated carbocycles. The lowest BCUT2D eigenvalue weighted by atomic mass is 10.0. The first kappa shape index (κ1) is 16.2. The predicted octanol–water partition coefficient (Wildman–Crippen LogP) is 1.18. The zero-order valence-corrected chi connectivity index (χ0v) is 13.6. The maximum atomic E-state index is 13.8. The van der Waals surface area contributed by atoms with Gasteiger partial charge in [0.2, 0.25) is 5.89 Å². The molecule has 0 amide bonds. The summed E-state index contributed by atoms with van der Waals surface area (Å²) in [6.45, 7) is 4.02. The maximum absolute atomic E-state index is 13.8. The normalized spacial score (nSPS) is 27.9. The fraction of sp³-hybridized carbons (Fsp3) is 0.800. The van der Waals surface area contributed by atoms with Crippen molar-refractivity contribution >= 4 is 12.0 Å². The molecule has 0 aromatic carbocycles. The number of esters is 1. The zero-order valence-electron chi connectivity index (χ0n) is 13.6. The lowest BCUT2D eigenvalue weighted by Gasteiger charge is -2.27. The Morgan fingerprint density at radius 3 is 2.91 bits per heavy atom. The van der Waals surface area contributed by atoms with Gasteiger partial charge in [0.1, 0.15) is 6.17 Å². The molecule has 1 unspecified atom stereocenters. The molecule has 2 saturated heterocycles. The summed E-state index contributed by atoms with van der Waals surface area (Å²) in [5.41, 5.74) is 0. The summed E-state index contributed by atoms with van der Waals surface area (Å²) in [5.74, 6) is 0.393. The van der Waals surface area contributed by atoms with E-state index in [1.807, 2.05) is 11.9 Å². The van der Waals surface area contributed by atoms with Crippen molar-refractivity contribution in [1.82, 2.24) is 15.1 Å². The molecule has 7 nitrogen and oxygen atoms in total. The number of hydrogen-bond donors (Lipinski definition) is 0. The molecule has 0 N–H and O–H groups in total. The van der Waals surface area contributed by atoms with Crippen molar-refractivity contribution in [2.24, 2.45) is 5.92 Å². The molecule has 2 aliphatic rings. The van der Waals surface area contributed by atoms with Gasteiger partial charge >= 0.3 is 12.0 Å². The number of cyclic esters (lactones) is 1. The van der Waals surface area contributed by atoms with Crippen LogP contribution in [0, 0.1) is 12.8 Å². The number of nitrogens with zero attached hydrogens (tertiary/aromatic N) is 4. The van der Waals surface area contributed by atoms with E-state index in [1.165, 1.54) is 0 Å². The minimum Gasteiger partial charge on any atom is -0.465 e. The van der Waals surface area contributed by atoms with Crippen molar-refractivity contribution in [3.05, 3.63) is 5.89 Å². The number of likely N-dealkylation sites (N-methyl/N-ethyl adjacent to an activating group) is 1. The first-order valence-corrected chi connectivity index (χ1v) is 8.09. The molecule has 3 atom stereocenters. The van der Waals surface area contributed by atoms with Crippen LogP contribution in [-0.2, 0) is 9.53 Å². The van der Waals surface area contributed by atoms with Gasteiger partial charge in [-0.3, -0.25) is 4.79 Å². The van der Waals surface area contributed by atoms with Crippen LogP contribution in [0.25, 0.3) is 0 Å². The molecule has 2 fully saturated rings. The number of halogens is 1. The third-order valence-corrected chi connectivity index (χ3v) is 4.55. The Kier molecular flexibility index (Phi) is 4.79. The second kappa shape index (κ2) is 6.82. The van der Waals surface area contributed by atoms with Gasteiger partial charge in [0.15, 0.2) is 0 Å². The van der Waals surface area contributed by atoms with Crippen LogP contribution in [0.4, 0.5) is 10.4 Å². The van der Waals surface area contributed by atoms with E-state index in [-0.39, 0.29) is 24.5 Å². The Morgan fingerprint density at radius 1 is 1.43 bits per heavy atom. The number of rotatable bonds is 6. The van der Waals surface area contributed by atoms with E-state index in [9.17, 15) is 9.18 Å². The molecule has 3 rings (SSSR count). The molecule has 1 aromatic heterocycles. The fourth-order valence-electron chi connectivity index (χ4n) is 3.30. The van der Waals surface area contributed by atoms with Gasteiger partial charge < -0.3 is 19.0 Å². The Bertz CT molecular complexity index is 553. The Balaban J connectivity index is 1.53. The molecule has 8 heteroatoms. The molecular formula is C15H23FN4O3. The number of carbonyl (C=O) groups excluding carboxylic acids is 1. The third kappa shape index (κ3) is 3.80. The van der Waals surface area contributed by atoms with E-state index in [4.69, 9.17) is 9.15 Å². The average molecular weight is 326 g/mol. The van der Waals surface area contributed by atoms with Crippen LogP contribution in [0.15, 0.2) is 4.42 Å². The predicted molar refractivity (Wildman–Crippen MR) is 80.9 cm³/mol. The first-order valence-electron chi connectivity index (χ1n) is 8.09. The van der Waals surface area contributed by atoms with E-state index in [1.54, 1.807) is 6.92 Å². The number of hydrogen-bond acceptors (Lipinski definition) is 7. The molecule has 0 bridgehead atoms. The number of aromatic nitrogens is 2. The monoisotopic (exact) mass is 326 g/mol. The molecule has 128 valence electrons. The molecule has 0 aliphatic carbocycles. The van der Waals surface area contributed by atoms with Crippen LogP contribution in [0.5, 0.6) is 0 Å². The lowest BCUT2D eigenvalue weighted by Crippen LogP contribution is -2.39. The van der Waals surface area contributed by atoms with Crippen molar-refractivity contribution in [2.75, 3.05) is 38.2 Å². The van der Waals surface area contributed by atoms with Gasteiger partial charge in [0.25, 0.3) is 0 Å². The lowest BCUT2D eigenvalue weighted by molar-refractivity contribution is -0.141. The van der Waals surface area contributed by atoms with Gasteiger partial charge in [-0.25, -0.2) is 4.39 Å². The number of aryl methyl sites for hydroxylation is 1. The molecule has 0 spiro atoms. The average Bonchev–Trinajstić information content (AvgIpc) is 3.18. The van der Waals surface area contributed by atoms with Gasteiger partial charge in [0, 0.05) is 25.9 Å². The van der Waals surface area contributed by atoms with Crippen molar-refractivity contribution in [3.8, 4) is 0 Å². The zero-order chi connectivity index (χ0) is 16.4. The Morgan fingerprint density at radius 2 is 2.26 bits per heavy atom. The summed E-state index contributed by atoms with van der Waals surface area (Å²) in [6, 6.07) is 0.394. The van der Waals surface area contributed by atoms with Crippen molar-refractivity contribution in [3.63, 3.8) is 0 Å². The van der Waals surface area contributed by atoms with Crippen molar-refractivity contribution in [2.45, 2.75) is 38.4 Å². The van der Waals surface area contributed by atoms with E-state index in [0.29, 0.717) is 31.5 Å². The van der Waals surface area contributed by atoms with Crippen LogP contribution in [0.2, 0.25) is 0 Å². The summed E-state index contributed by atoms with van der Waals surface area (Å²) in [4.78, 5) is 15.5. The highest BCUT2D eigenvalue weighted by molar-refractivity contribution is 5.74. The van der Waals surface area contributed by atoms with Gasteiger partial charge in [-0.1, -0.05) is 5.10 Å². The fourth-order valence-corrected chi connectivity index (χ4v) is 3.30.